The molecule has 0 aliphatic rings. The van der Waals surface area contributed by atoms with Gasteiger partial charge in [-0.15, -0.1) is 11.6 Å². The van der Waals surface area contributed by atoms with Crippen LogP contribution < -0.4 is 4.74 Å². The Balaban J connectivity index is 2.94. The van der Waals surface area contributed by atoms with Gasteiger partial charge in [-0.05, 0) is 12.5 Å². The van der Waals surface area contributed by atoms with E-state index in [1.54, 1.807) is 0 Å². The van der Waals surface area contributed by atoms with Gasteiger partial charge in [0.2, 0.25) is 0 Å². The van der Waals surface area contributed by atoms with Gasteiger partial charge >= 0.3 is 5.97 Å². The van der Waals surface area contributed by atoms with E-state index in [1.165, 1.54) is 6.07 Å². The predicted molar refractivity (Wildman–Crippen MR) is 60.9 cm³/mol. The third-order valence-electron chi connectivity index (χ3n) is 1.94. The molecule has 1 aromatic carbocycles. The van der Waals surface area contributed by atoms with E-state index in [4.69, 9.17) is 21.4 Å². The number of hydrogen-bond donors (Lipinski definition) is 1. The van der Waals surface area contributed by atoms with Crippen LogP contribution in [0.3, 0.4) is 0 Å². The first-order valence-corrected chi connectivity index (χ1v) is 5.30. The lowest BCUT2D eigenvalue weighted by Gasteiger charge is -2.05. The van der Waals surface area contributed by atoms with Gasteiger partial charge in [-0.3, -0.25) is 10.1 Å². The van der Waals surface area contributed by atoms with Gasteiger partial charge in [-0.25, -0.2) is 4.79 Å². The molecule has 7 heteroatoms. The van der Waals surface area contributed by atoms with Crippen LogP contribution in [0.5, 0.6) is 5.75 Å². The van der Waals surface area contributed by atoms with Crippen molar-refractivity contribution in [2.24, 2.45) is 0 Å². The highest BCUT2D eigenvalue weighted by molar-refractivity contribution is 6.17. The predicted octanol–water partition coefficient (Wildman–Crippen LogP) is 2.30. The van der Waals surface area contributed by atoms with Gasteiger partial charge in [0.15, 0.2) is 0 Å². The molecule has 0 aliphatic carbocycles. The van der Waals surface area contributed by atoms with Gasteiger partial charge in [0.05, 0.1) is 11.5 Å². The second kappa shape index (κ2) is 6.05. The molecule has 92 valence electrons. The van der Waals surface area contributed by atoms with Crippen molar-refractivity contribution in [2.75, 3.05) is 12.5 Å². The summed E-state index contributed by atoms with van der Waals surface area (Å²) in [6, 6.07) is 3.60. The molecule has 1 N–H and O–H groups in total. The summed E-state index contributed by atoms with van der Waals surface area (Å²) in [6.45, 7) is 0.334. The maximum absolute atomic E-state index is 10.8. The molecule has 0 aromatic heterocycles. The van der Waals surface area contributed by atoms with Crippen molar-refractivity contribution in [3.05, 3.63) is 33.9 Å². The minimum absolute atomic E-state index is 0.276. The van der Waals surface area contributed by atoms with Crippen molar-refractivity contribution >= 4 is 23.3 Å². The number of nitrogens with zero attached hydrogens (tertiary/aromatic N) is 1. The molecule has 0 saturated carbocycles. The second-order valence-corrected chi connectivity index (χ2v) is 3.51. The van der Waals surface area contributed by atoms with Crippen molar-refractivity contribution in [3.8, 4) is 5.75 Å². The first-order chi connectivity index (χ1) is 8.06. The third-order valence-corrected chi connectivity index (χ3v) is 2.21. The lowest BCUT2D eigenvalue weighted by Crippen LogP contribution is -2.04. The number of ether oxygens (including phenoxy) is 1. The normalized spacial score (nSPS) is 9.94. The van der Waals surface area contributed by atoms with Gasteiger partial charge in [0.1, 0.15) is 11.3 Å². The maximum Gasteiger partial charge on any atom is 0.342 e. The topological polar surface area (TPSA) is 89.7 Å². The minimum atomic E-state index is -1.36. The highest BCUT2D eigenvalue weighted by Gasteiger charge is 2.20. The Labute approximate surface area is 102 Å². The van der Waals surface area contributed by atoms with Crippen LogP contribution in [-0.2, 0) is 0 Å². The zero-order valence-corrected chi connectivity index (χ0v) is 9.51. The quantitative estimate of drug-likeness (QED) is 0.366. The van der Waals surface area contributed by atoms with Crippen LogP contribution in [0, 0.1) is 10.1 Å². The van der Waals surface area contributed by atoms with E-state index < -0.39 is 22.1 Å². The number of rotatable bonds is 6. The van der Waals surface area contributed by atoms with E-state index in [0.717, 1.165) is 12.1 Å². The van der Waals surface area contributed by atoms with Crippen molar-refractivity contribution in [1.29, 1.82) is 0 Å². The summed E-state index contributed by atoms with van der Waals surface area (Å²) in [4.78, 5) is 20.7. The standard InChI is InChI=1S/C10H10ClNO5/c11-4-1-5-17-7-2-3-9(12(15)16)8(6-7)10(13)14/h2-3,6H,1,4-5H2,(H,13,14). The fourth-order valence-corrected chi connectivity index (χ4v) is 1.29. The fraction of sp³-hybridized carbons (Fsp3) is 0.300. The van der Waals surface area contributed by atoms with Crippen molar-refractivity contribution in [2.45, 2.75) is 6.42 Å². The third kappa shape index (κ3) is 3.60. The molecule has 0 bridgehead atoms. The van der Waals surface area contributed by atoms with Crippen LogP contribution in [0.25, 0.3) is 0 Å². The summed E-state index contributed by atoms with van der Waals surface area (Å²) < 4.78 is 5.20. The number of hydrogen-bond acceptors (Lipinski definition) is 4. The Bertz CT molecular complexity index is 435. The second-order valence-electron chi connectivity index (χ2n) is 3.13. The Hall–Kier alpha value is -1.82. The number of carboxylic acid groups (broad SMARTS) is 1. The fourth-order valence-electron chi connectivity index (χ4n) is 1.18. The number of nitro benzene ring substituents is 1. The maximum atomic E-state index is 10.8. The SMILES string of the molecule is O=C(O)c1cc(OCCCCl)ccc1[N+](=O)[O-]. The number of nitro groups is 1. The molecule has 0 unspecified atom stereocenters. The molecular formula is C10H10ClNO5. The zero-order valence-electron chi connectivity index (χ0n) is 8.76. The summed E-state index contributed by atoms with van der Waals surface area (Å²) in [5, 5.41) is 19.4. The Kier molecular flexibility index (Phi) is 4.71. The Morgan fingerprint density at radius 3 is 2.76 bits per heavy atom. The molecule has 17 heavy (non-hydrogen) atoms. The molecule has 1 aromatic rings. The lowest BCUT2D eigenvalue weighted by molar-refractivity contribution is -0.385. The van der Waals surface area contributed by atoms with E-state index >= 15 is 0 Å². The van der Waals surface area contributed by atoms with Crippen LogP contribution in [0.15, 0.2) is 18.2 Å². The number of benzene rings is 1. The average molecular weight is 260 g/mol. The summed E-state index contributed by atoms with van der Waals surface area (Å²) in [5.41, 5.74) is -0.847. The van der Waals surface area contributed by atoms with Crippen molar-refractivity contribution in [1.82, 2.24) is 0 Å². The molecule has 0 amide bonds. The van der Waals surface area contributed by atoms with E-state index in [9.17, 15) is 14.9 Å². The zero-order chi connectivity index (χ0) is 12.8. The molecule has 0 radical (unpaired) electrons. The molecular weight excluding hydrogens is 250 g/mol. The van der Waals surface area contributed by atoms with Gasteiger partial charge in [0.25, 0.3) is 5.69 Å². The summed E-state index contributed by atoms with van der Waals surface area (Å²) in [5.74, 6) is -0.656. The number of carboxylic acids is 1. The van der Waals surface area contributed by atoms with Crippen LogP contribution in [0.4, 0.5) is 5.69 Å². The molecule has 0 atom stereocenters. The smallest absolute Gasteiger partial charge is 0.342 e. The number of aromatic carboxylic acids is 1. The van der Waals surface area contributed by atoms with Crippen LogP contribution in [0.2, 0.25) is 0 Å². The largest absolute Gasteiger partial charge is 0.494 e. The molecule has 0 fully saturated rings. The average Bonchev–Trinajstić information content (AvgIpc) is 2.29. The molecule has 0 heterocycles. The van der Waals surface area contributed by atoms with Crippen LogP contribution in [-0.4, -0.2) is 28.5 Å². The monoisotopic (exact) mass is 259 g/mol. The van der Waals surface area contributed by atoms with Crippen LogP contribution >= 0.6 is 11.6 Å². The van der Waals surface area contributed by atoms with E-state index in [2.05, 4.69) is 0 Å². The van der Waals surface area contributed by atoms with Gasteiger partial charge in [-0.1, -0.05) is 0 Å². The molecule has 1 rings (SSSR count). The summed E-state index contributed by atoms with van der Waals surface area (Å²) in [6.07, 6.45) is 0.612. The lowest BCUT2D eigenvalue weighted by atomic mass is 10.1. The Morgan fingerprint density at radius 1 is 1.53 bits per heavy atom. The first kappa shape index (κ1) is 13.2. The van der Waals surface area contributed by atoms with E-state index in [0.29, 0.717) is 18.9 Å². The van der Waals surface area contributed by atoms with E-state index in [-0.39, 0.29) is 5.75 Å². The van der Waals surface area contributed by atoms with Gasteiger partial charge in [-0.2, -0.15) is 0 Å². The van der Waals surface area contributed by atoms with Crippen molar-refractivity contribution < 1.29 is 19.6 Å². The molecule has 6 nitrogen and oxygen atoms in total. The number of halogens is 1. The first-order valence-electron chi connectivity index (χ1n) is 4.76. The highest BCUT2D eigenvalue weighted by Crippen LogP contribution is 2.24. The molecule has 0 saturated heterocycles. The molecule has 0 aliphatic heterocycles. The number of carbonyl (C=O) groups is 1. The summed E-state index contributed by atoms with van der Waals surface area (Å²) >= 11 is 5.45. The van der Waals surface area contributed by atoms with Gasteiger partial charge in [0, 0.05) is 18.0 Å². The minimum Gasteiger partial charge on any atom is -0.494 e. The molecule has 0 spiro atoms. The van der Waals surface area contributed by atoms with Gasteiger partial charge < -0.3 is 9.84 Å². The van der Waals surface area contributed by atoms with Crippen LogP contribution in [0.1, 0.15) is 16.8 Å². The summed E-state index contributed by atoms with van der Waals surface area (Å²) in [7, 11) is 0. The Morgan fingerprint density at radius 2 is 2.24 bits per heavy atom. The van der Waals surface area contributed by atoms with E-state index in [1.807, 2.05) is 0 Å². The highest BCUT2D eigenvalue weighted by atomic mass is 35.5. The number of alkyl halides is 1. The van der Waals surface area contributed by atoms with Crippen molar-refractivity contribution in [3.63, 3.8) is 0 Å².